The van der Waals surface area contributed by atoms with Gasteiger partial charge in [-0.05, 0) is 75.3 Å². The molecule has 1 amide bonds. The summed E-state index contributed by atoms with van der Waals surface area (Å²) >= 11 is 0. The lowest BCUT2D eigenvalue weighted by Crippen LogP contribution is -2.13. The monoisotopic (exact) mass is 392 g/mol. The predicted octanol–water partition coefficient (Wildman–Crippen LogP) is 7.15. The van der Waals surface area contributed by atoms with E-state index >= 15 is 0 Å². The number of hydrogen-bond acceptors (Lipinski definition) is 2. The quantitative estimate of drug-likeness (QED) is 0.429. The third-order valence-electron chi connectivity index (χ3n) is 4.65. The van der Waals surface area contributed by atoms with Gasteiger partial charge in [0.15, 0.2) is 0 Å². The summed E-state index contributed by atoms with van der Waals surface area (Å²) in [4.78, 5) is 15.6. The van der Waals surface area contributed by atoms with Crippen LogP contribution in [0.1, 0.15) is 66.9 Å². The molecule has 0 bridgehead atoms. The second-order valence-electron chi connectivity index (χ2n) is 8.34. The molecule has 1 N–H and O–H groups in total. The lowest BCUT2D eigenvalue weighted by atomic mass is 9.87. The van der Waals surface area contributed by atoms with Crippen LogP contribution in [0.3, 0.4) is 0 Å². The van der Waals surface area contributed by atoms with Crippen LogP contribution in [0.2, 0.25) is 0 Å². The van der Waals surface area contributed by atoms with Crippen LogP contribution >= 0.6 is 0 Å². The van der Waals surface area contributed by atoms with E-state index in [1.54, 1.807) is 12.3 Å². The van der Waals surface area contributed by atoms with Gasteiger partial charge in [-0.25, -0.2) is 0 Å². The lowest BCUT2D eigenvalue weighted by Gasteiger charge is -2.19. The number of amides is 1. The summed E-state index contributed by atoms with van der Waals surface area (Å²) in [5, 5.41) is 2.83. The van der Waals surface area contributed by atoms with Crippen molar-refractivity contribution >= 4 is 17.8 Å². The Morgan fingerprint density at radius 3 is 2.45 bits per heavy atom. The van der Waals surface area contributed by atoms with E-state index < -0.39 is 0 Å². The average molecular weight is 393 g/mol. The highest BCUT2D eigenvalue weighted by Gasteiger charge is 2.13. The van der Waals surface area contributed by atoms with Gasteiger partial charge < -0.3 is 5.32 Å². The third-order valence-corrected chi connectivity index (χ3v) is 4.65. The average Bonchev–Trinajstić information content (AvgIpc) is 2.64. The van der Waals surface area contributed by atoms with Crippen molar-refractivity contribution in [3.8, 4) is 0 Å². The summed E-state index contributed by atoms with van der Waals surface area (Å²) < 4.78 is 0. The Bertz CT molecular complexity index is 846. The number of carbonyl (C=O) groups is 1. The van der Waals surface area contributed by atoms with Crippen LogP contribution in [0.4, 0.5) is 5.69 Å². The Hall–Kier alpha value is -2.68. The van der Waals surface area contributed by atoms with Crippen LogP contribution < -0.4 is 5.32 Å². The van der Waals surface area contributed by atoms with E-state index in [1.807, 2.05) is 32.0 Å². The molecular formula is C26H36N2O. The van der Waals surface area contributed by atoms with Gasteiger partial charge in [0.1, 0.15) is 0 Å². The molecule has 0 radical (unpaired) electrons. The summed E-state index contributed by atoms with van der Waals surface area (Å²) in [5.41, 5.74) is 7.10. The molecule has 1 aliphatic rings. The van der Waals surface area contributed by atoms with Crippen LogP contribution in [-0.4, -0.2) is 12.1 Å². The maximum absolute atomic E-state index is 11.4. The summed E-state index contributed by atoms with van der Waals surface area (Å²) in [5.74, 6) is -0.0893. The van der Waals surface area contributed by atoms with Crippen molar-refractivity contribution in [1.82, 2.24) is 0 Å². The molecule has 3 nitrogen and oxygen atoms in total. The smallest absolute Gasteiger partial charge is 0.248 e. The van der Waals surface area contributed by atoms with E-state index in [4.69, 9.17) is 0 Å². The van der Waals surface area contributed by atoms with E-state index in [9.17, 15) is 4.79 Å². The zero-order valence-corrected chi connectivity index (χ0v) is 19.1. The highest BCUT2D eigenvalue weighted by atomic mass is 16.1. The summed E-state index contributed by atoms with van der Waals surface area (Å²) in [6.07, 6.45) is 9.57. The molecule has 2 rings (SSSR count). The third kappa shape index (κ3) is 8.47. The first kappa shape index (κ1) is 24.4. The van der Waals surface area contributed by atoms with Crippen LogP contribution in [-0.2, 0) is 10.2 Å². The molecule has 0 heterocycles. The molecule has 0 spiro atoms. The van der Waals surface area contributed by atoms with Gasteiger partial charge in [-0.3, -0.25) is 9.79 Å². The second-order valence-corrected chi connectivity index (χ2v) is 8.34. The van der Waals surface area contributed by atoms with Crippen molar-refractivity contribution in [2.24, 2.45) is 4.99 Å². The fourth-order valence-electron chi connectivity index (χ4n) is 2.91. The minimum atomic E-state index is -0.0893. The number of nitrogens with one attached hydrogen (secondary N) is 1. The standard InChI is InChI=1S/C14H19NO.C12H17N/c1-5-7-13(16)15-12-9-6-8-11(10-12)14(2,3)4;1-5-13-11(4)12-8-9(2)6-7-10(12)3/h5-10H,1-4H3,(H,15,16);5,8H,4,6-7H2,1-3H3/b7-5+;. The van der Waals surface area contributed by atoms with Gasteiger partial charge in [0.2, 0.25) is 5.91 Å². The molecular weight excluding hydrogens is 356 g/mol. The van der Waals surface area contributed by atoms with Crippen LogP contribution in [0.15, 0.2) is 76.5 Å². The van der Waals surface area contributed by atoms with Crippen molar-refractivity contribution < 1.29 is 4.79 Å². The number of allylic oxidation sites excluding steroid dienone is 4. The minimum absolute atomic E-state index is 0.0893. The van der Waals surface area contributed by atoms with Gasteiger partial charge in [0, 0.05) is 11.9 Å². The number of nitrogens with zero attached hydrogens (tertiary/aromatic N) is 1. The molecule has 1 aliphatic carbocycles. The number of anilines is 1. The van der Waals surface area contributed by atoms with E-state index in [2.05, 4.69) is 63.6 Å². The van der Waals surface area contributed by atoms with Crippen molar-refractivity contribution in [3.05, 3.63) is 77.1 Å². The fourth-order valence-corrected chi connectivity index (χ4v) is 2.91. The van der Waals surface area contributed by atoms with Gasteiger partial charge in [0.25, 0.3) is 0 Å². The Morgan fingerprint density at radius 1 is 1.17 bits per heavy atom. The maximum atomic E-state index is 11.4. The molecule has 0 unspecified atom stereocenters. The Balaban J connectivity index is 0.000000296. The lowest BCUT2D eigenvalue weighted by molar-refractivity contribution is -0.111. The van der Waals surface area contributed by atoms with E-state index in [-0.39, 0.29) is 11.3 Å². The number of benzene rings is 1. The zero-order valence-electron chi connectivity index (χ0n) is 19.1. The normalized spacial score (nSPS) is 14.5. The van der Waals surface area contributed by atoms with E-state index in [0.29, 0.717) is 0 Å². The number of carbonyl (C=O) groups excluding carboxylic acids is 1. The molecule has 0 atom stereocenters. The molecule has 156 valence electrons. The Kier molecular flexibility index (Phi) is 9.54. The Labute approximate surface area is 177 Å². The first-order chi connectivity index (χ1) is 13.6. The molecule has 0 aliphatic heterocycles. The summed E-state index contributed by atoms with van der Waals surface area (Å²) in [7, 11) is 0. The molecule has 3 heteroatoms. The maximum Gasteiger partial charge on any atom is 0.248 e. The molecule has 1 aromatic rings. The second kappa shape index (κ2) is 11.4. The molecule has 0 saturated heterocycles. The number of aliphatic imine (C=N–C) groups is 1. The van der Waals surface area contributed by atoms with Gasteiger partial charge in [0.05, 0.1) is 5.70 Å². The van der Waals surface area contributed by atoms with Crippen molar-refractivity contribution in [2.45, 2.75) is 66.7 Å². The molecule has 0 fully saturated rings. The van der Waals surface area contributed by atoms with Crippen molar-refractivity contribution in [1.29, 1.82) is 0 Å². The highest BCUT2D eigenvalue weighted by Crippen LogP contribution is 2.27. The fraction of sp³-hybridized carbons (Fsp3) is 0.385. The first-order valence-electron chi connectivity index (χ1n) is 10.2. The predicted molar refractivity (Wildman–Crippen MR) is 128 cm³/mol. The SMILES string of the molecule is C/C=C/C(=O)Nc1cccc(C(C)(C)C)c1.C=C(N=CC)C1=C(C)CCC(C)=C1. The number of rotatable bonds is 4. The van der Waals surface area contributed by atoms with Crippen LogP contribution in [0.25, 0.3) is 0 Å². The van der Waals surface area contributed by atoms with E-state index in [0.717, 1.165) is 17.8 Å². The number of hydrogen-bond donors (Lipinski definition) is 1. The highest BCUT2D eigenvalue weighted by molar-refractivity contribution is 5.99. The van der Waals surface area contributed by atoms with Gasteiger partial charge in [-0.15, -0.1) is 0 Å². The molecule has 29 heavy (non-hydrogen) atoms. The van der Waals surface area contributed by atoms with E-state index in [1.165, 1.54) is 34.8 Å². The largest absolute Gasteiger partial charge is 0.323 e. The van der Waals surface area contributed by atoms with Gasteiger partial charge in [-0.2, -0.15) is 0 Å². The summed E-state index contributed by atoms with van der Waals surface area (Å²) in [6, 6.07) is 7.95. The van der Waals surface area contributed by atoms with Crippen LogP contribution in [0.5, 0.6) is 0 Å². The summed E-state index contributed by atoms with van der Waals surface area (Å²) in [6.45, 7) is 18.5. The molecule has 0 aromatic heterocycles. The minimum Gasteiger partial charge on any atom is -0.323 e. The topological polar surface area (TPSA) is 41.5 Å². The van der Waals surface area contributed by atoms with Crippen LogP contribution in [0, 0.1) is 0 Å². The van der Waals surface area contributed by atoms with Crippen molar-refractivity contribution in [3.63, 3.8) is 0 Å². The Morgan fingerprint density at radius 2 is 1.86 bits per heavy atom. The zero-order chi connectivity index (χ0) is 22.0. The first-order valence-corrected chi connectivity index (χ1v) is 10.2. The van der Waals surface area contributed by atoms with Gasteiger partial charge in [-0.1, -0.05) is 62.8 Å². The van der Waals surface area contributed by atoms with Crippen molar-refractivity contribution in [2.75, 3.05) is 5.32 Å². The molecule has 0 saturated carbocycles. The molecule has 1 aromatic carbocycles. The van der Waals surface area contributed by atoms with Gasteiger partial charge >= 0.3 is 0 Å².